The quantitative estimate of drug-likeness (QED) is 0.482. The van der Waals surface area contributed by atoms with Crippen molar-refractivity contribution in [1.29, 1.82) is 0 Å². The van der Waals surface area contributed by atoms with Crippen molar-refractivity contribution in [3.05, 3.63) is 87.5 Å². The highest BCUT2D eigenvalue weighted by molar-refractivity contribution is 6.10. The first-order valence-electron chi connectivity index (χ1n) is 10.0. The van der Waals surface area contributed by atoms with Gasteiger partial charge in [0.2, 0.25) is 5.76 Å². The Hall–Kier alpha value is -3.87. The smallest absolute Gasteiger partial charge is 0.296 e. The fourth-order valence-corrected chi connectivity index (χ4v) is 3.97. The van der Waals surface area contributed by atoms with E-state index in [1.807, 2.05) is 38.1 Å². The molecule has 0 N–H and O–H groups in total. The second-order valence-electron chi connectivity index (χ2n) is 7.78. The largest absolute Gasteiger partial charge is 0.491 e. The van der Waals surface area contributed by atoms with Crippen LogP contribution in [0.1, 0.15) is 47.3 Å². The second-order valence-corrected chi connectivity index (χ2v) is 7.78. The van der Waals surface area contributed by atoms with E-state index in [0.29, 0.717) is 33.9 Å². The molecule has 1 aliphatic heterocycles. The fraction of sp³-hybridized carbons (Fsp3) is 0.208. The number of benzene rings is 2. The number of hydrogen-bond acceptors (Lipinski definition) is 6. The standard InChI is InChI=1S/C24H20N2O5/c1-13(2)29-16-8-6-7-15(12-16)21-20-22(27)17-9-4-5-10-18(17)30-23(20)24(28)26(21)19-11-14(3)31-25-19/h4-13,21H,1-3H3. The number of amides is 1. The van der Waals surface area contributed by atoms with Crippen LogP contribution >= 0.6 is 0 Å². The summed E-state index contributed by atoms with van der Waals surface area (Å²) in [5.41, 5.74) is 1.13. The summed E-state index contributed by atoms with van der Waals surface area (Å²) in [4.78, 5) is 28.4. The SMILES string of the molecule is Cc1cc(N2C(=O)c3oc4ccccc4c(=O)c3C2c2cccc(OC(C)C)c2)no1. The van der Waals surface area contributed by atoms with E-state index in [-0.39, 0.29) is 22.9 Å². The van der Waals surface area contributed by atoms with Gasteiger partial charge in [-0.3, -0.25) is 14.5 Å². The normalized spacial score (nSPS) is 15.7. The van der Waals surface area contributed by atoms with E-state index in [1.54, 1.807) is 37.3 Å². The molecule has 7 heteroatoms. The lowest BCUT2D eigenvalue weighted by Crippen LogP contribution is -2.29. The third kappa shape index (κ3) is 3.09. The molecule has 1 aliphatic rings. The van der Waals surface area contributed by atoms with Gasteiger partial charge in [0.05, 0.1) is 23.1 Å². The van der Waals surface area contributed by atoms with Crippen LogP contribution in [0, 0.1) is 6.92 Å². The number of carbonyl (C=O) groups is 1. The van der Waals surface area contributed by atoms with E-state index in [1.165, 1.54) is 4.90 Å². The van der Waals surface area contributed by atoms with Crippen LogP contribution in [-0.2, 0) is 0 Å². The molecule has 2 aromatic carbocycles. The Morgan fingerprint density at radius 3 is 2.61 bits per heavy atom. The van der Waals surface area contributed by atoms with Crippen LogP contribution in [0.15, 0.2) is 68.3 Å². The van der Waals surface area contributed by atoms with Crippen LogP contribution in [0.5, 0.6) is 5.75 Å². The van der Waals surface area contributed by atoms with E-state index < -0.39 is 11.9 Å². The molecule has 1 atom stereocenters. The minimum atomic E-state index is -0.719. The van der Waals surface area contributed by atoms with Gasteiger partial charge in [-0.1, -0.05) is 29.4 Å². The number of fused-ring (bicyclic) bond motifs is 2. The molecule has 1 amide bonds. The fourth-order valence-electron chi connectivity index (χ4n) is 3.97. The van der Waals surface area contributed by atoms with Crippen molar-refractivity contribution in [1.82, 2.24) is 5.16 Å². The molecular formula is C24H20N2O5. The third-order valence-electron chi connectivity index (χ3n) is 5.19. The number of aromatic nitrogens is 1. The number of anilines is 1. The van der Waals surface area contributed by atoms with E-state index in [0.717, 1.165) is 0 Å². The minimum absolute atomic E-state index is 0.0175. The van der Waals surface area contributed by atoms with Crippen molar-refractivity contribution in [2.24, 2.45) is 0 Å². The molecule has 31 heavy (non-hydrogen) atoms. The van der Waals surface area contributed by atoms with Crippen molar-refractivity contribution in [2.45, 2.75) is 32.9 Å². The van der Waals surface area contributed by atoms with E-state index in [4.69, 9.17) is 13.7 Å². The van der Waals surface area contributed by atoms with Crippen LogP contribution in [0.3, 0.4) is 0 Å². The number of rotatable bonds is 4. The van der Waals surface area contributed by atoms with E-state index in [9.17, 15) is 9.59 Å². The van der Waals surface area contributed by atoms with Gasteiger partial charge in [-0.15, -0.1) is 0 Å². The topological polar surface area (TPSA) is 85.8 Å². The first kappa shape index (κ1) is 19.1. The summed E-state index contributed by atoms with van der Waals surface area (Å²) in [6, 6.07) is 15.2. The predicted molar refractivity (Wildman–Crippen MR) is 115 cm³/mol. The van der Waals surface area contributed by atoms with Crippen LogP contribution in [-0.4, -0.2) is 17.2 Å². The molecule has 0 saturated heterocycles. The Morgan fingerprint density at radius 1 is 1.06 bits per heavy atom. The predicted octanol–water partition coefficient (Wildman–Crippen LogP) is 4.63. The molecule has 0 bridgehead atoms. The average Bonchev–Trinajstić information content (AvgIpc) is 3.29. The molecular weight excluding hydrogens is 396 g/mol. The molecule has 3 heterocycles. The molecule has 0 fully saturated rings. The van der Waals surface area contributed by atoms with E-state index >= 15 is 0 Å². The molecule has 0 aliphatic carbocycles. The number of aryl methyl sites for hydroxylation is 1. The Labute approximate surface area is 177 Å². The van der Waals surface area contributed by atoms with Gasteiger partial charge in [0.25, 0.3) is 5.91 Å². The molecule has 0 saturated carbocycles. The van der Waals surface area contributed by atoms with Crippen molar-refractivity contribution in [2.75, 3.05) is 4.90 Å². The number of carbonyl (C=O) groups excluding carboxylic acids is 1. The number of nitrogens with zero attached hydrogens (tertiary/aromatic N) is 2. The highest BCUT2D eigenvalue weighted by Crippen LogP contribution is 2.41. The Kier molecular flexibility index (Phi) is 4.39. The maximum absolute atomic E-state index is 13.5. The zero-order valence-corrected chi connectivity index (χ0v) is 17.3. The Bertz CT molecular complexity index is 1370. The van der Waals surface area contributed by atoms with Gasteiger partial charge < -0.3 is 13.7 Å². The van der Waals surface area contributed by atoms with Gasteiger partial charge in [0.1, 0.15) is 17.1 Å². The highest BCUT2D eigenvalue weighted by Gasteiger charge is 2.45. The van der Waals surface area contributed by atoms with Crippen LogP contribution < -0.4 is 15.1 Å². The van der Waals surface area contributed by atoms with E-state index in [2.05, 4.69) is 5.16 Å². The zero-order valence-electron chi connectivity index (χ0n) is 17.3. The van der Waals surface area contributed by atoms with Crippen LogP contribution in [0.25, 0.3) is 11.0 Å². The summed E-state index contributed by atoms with van der Waals surface area (Å²) in [7, 11) is 0. The molecule has 2 aromatic heterocycles. The van der Waals surface area contributed by atoms with Crippen molar-refractivity contribution in [3.8, 4) is 5.75 Å². The molecule has 156 valence electrons. The minimum Gasteiger partial charge on any atom is -0.491 e. The first-order chi connectivity index (χ1) is 14.9. The summed E-state index contributed by atoms with van der Waals surface area (Å²) < 4.78 is 17.0. The van der Waals surface area contributed by atoms with Crippen LogP contribution in [0.4, 0.5) is 5.82 Å². The van der Waals surface area contributed by atoms with Gasteiger partial charge in [-0.25, -0.2) is 0 Å². The first-order valence-corrected chi connectivity index (χ1v) is 10.0. The number of ether oxygens (including phenoxy) is 1. The molecule has 5 rings (SSSR count). The summed E-state index contributed by atoms with van der Waals surface area (Å²) in [5, 5.41) is 4.46. The molecule has 0 radical (unpaired) electrons. The second kappa shape index (κ2) is 7.12. The Morgan fingerprint density at radius 2 is 1.87 bits per heavy atom. The van der Waals surface area contributed by atoms with Crippen molar-refractivity contribution < 1.29 is 18.5 Å². The third-order valence-corrected chi connectivity index (χ3v) is 5.19. The molecule has 4 aromatic rings. The molecule has 1 unspecified atom stereocenters. The molecule has 7 nitrogen and oxygen atoms in total. The van der Waals surface area contributed by atoms with Crippen LogP contribution in [0.2, 0.25) is 0 Å². The average molecular weight is 416 g/mol. The number of para-hydroxylation sites is 1. The van der Waals surface area contributed by atoms with Gasteiger partial charge in [-0.05, 0) is 50.6 Å². The lowest BCUT2D eigenvalue weighted by molar-refractivity contribution is 0.0969. The number of hydrogen-bond donors (Lipinski definition) is 0. The van der Waals surface area contributed by atoms with Gasteiger partial charge in [0, 0.05) is 6.07 Å². The zero-order chi connectivity index (χ0) is 21.7. The summed E-state index contributed by atoms with van der Waals surface area (Å²) in [5.74, 6) is 1.10. The van der Waals surface area contributed by atoms with Crippen molar-refractivity contribution >= 4 is 22.7 Å². The monoisotopic (exact) mass is 416 g/mol. The summed E-state index contributed by atoms with van der Waals surface area (Å²) >= 11 is 0. The lowest BCUT2D eigenvalue weighted by Gasteiger charge is -2.23. The lowest BCUT2D eigenvalue weighted by atomic mass is 9.98. The van der Waals surface area contributed by atoms with Gasteiger partial charge >= 0.3 is 0 Å². The highest BCUT2D eigenvalue weighted by atomic mass is 16.5. The van der Waals surface area contributed by atoms with Crippen molar-refractivity contribution in [3.63, 3.8) is 0 Å². The van der Waals surface area contributed by atoms with Gasteiger partial charge in [0.15, 0.2) is 11.2 Å². The summed E-state index contributed by atoms with van der Waals surface area (Å²) in [6.07, 6.45) is -0.0175. The Balaban J connectivity index is 1.77. The summed E-state index contributed by atoms with van der Waals surface area (Å²) in [6.45, 7) is 5.62. The maximum Gasteiger partial charge on any atom is 0.296 e. The van der Waals surface area contributed by atoms with Gasteiger partial charge in [-0.2, -0.15) is 0 Å². The maximum atomic E-state index is 13.5. The molecule has 0 spiro atoms.